The Labute approximate surface area is 66.2 Å². The van der Waals surface area contributed by atoms with Gasteiger partial charge < -0.3 is 0 Å². The number of hydrogen-bond acceptors (Lipinski definition) is 0. The van der Waals surface area contributed by atoms with Crippen LogP contribution in [0.25, 0.3) is 0 Å². The average Bonchev–Trinajstić information content (AvgIpc) is 1.89. The van der Waals surface area contributed by atoms with Gasteiger partial charge >= 0.3 is 65.8 Å². The zero-order valence-corrected chi connectivity index (χ0v) is 7.66. The third kappa shape index (κ3) is 8.08. The minimum atomic E-state index is 1.06. The molecule has 0 saturated heterocycles. The zero-order valence-electron chi connectivity index (χ0n) is 5.94. The molecule has 52 valence electrons. The van der Waals surface area contributed by atoms with Crippen molar-refractivity contribution in [3.8, 4) is 10.7 Å². The van der Waals surface area contributed by atoms with Gasteiger partial charge in [-0.2, -0.15) is 0 Å². The Hall–Kier alpha value is 0.0795. The maximum absolute atomic E-state index is 3.00. The molecule has 0 spiro atoms. The van der Waals surface area contributed by atoms with E-state index in [0.29, 0.717) is 0 Å². The van der Waals surface area contributed by atoms with Crippen LogP contribution in [0.1, 0.15) is 39.0 Å². The Kier molecular flexibility index (Phi) is 8.15. The molecule has 0 aliphatic heterocycles. The topological polar surface area (TPSA) is 0 Å². The van der Waals surface area contributed by atoms with Crippen molar-refractivity contribution in [1.29, 1.82) is 0 Å². The molecule has 0 radical (unpaired) electrons. The van der Waals surface area contributed by atoms with Crippen molar-refractivity contribution in [2.75, 3.05) is 0 Å². The number of rotatable bonds is 4. The number of hydrogen-bond donors (Lipinski definition) is 0. The van der Waals surface area contributed by atoms with Gasteiger partial charge in [0.15, 0.2) is 0 Å². The van der Waals surface area contributed by atoms with E-state index in [9.17, 15) is 0 Å². The van der Waals surface area contributed by atoms with Crippen LogP contribution in [-0.2, 0) is 0 Å². The van der Waals surface area contributed by atoms with E-state index in [1.54, 1.807) is 0 Å². The molecule has 0 amide bonds. The normalized spacial score (nSPS) is 8.11. The van der Waals surface area contributed by atoms with Gasteiger partial charge in [0.05, 0.1) is 0 Å². The second kappa shape index (κ2) is 8.08. The molecule has 0 rings (SSSR count). The van der Waals surface area contributed by atoms with Gasteiger partial charge in [-0.3, -0.25) is 0 Å². The Morgan fingerprint density at radius 1 is 1.22 bits per heavy atom. The van der Waals surface area contributed by atoms with Crippen molar-refractivity contribution in [1.82, 2.24) is 0 Å². The third-order valence-electron chi connectivity index (χ3n) is 1.23. The standard InChI is InChI=1S/C8H14Se/c1-2-3-4-5-6-7-8-9/h9H,2-6H2,1H3/p-1. The van der Waals surface area contributed by atoms with Gasteiger partial charge in [-0.15, -0.1) is 0 Å². The molecule has 0 aliphatic carbocycles. The third-order valence-corrected chi connectivity index (χ3v) is 1.53. The maximum atomic E-state index is 3.00. The fourth-order valence-corrected chi connectivity index (χ4v) is 0.905. The fraction of sp³-hybridized carbons (Fsp3) is 0.750. The van der Waals surface area contributed by atoms with Crippen LogP contribution >= 0.6 is 0 Å². The molecule has 0 aromatic carbocycles. The molecule has 0 unspecified atom stereocenters. The summed E-state index contributed by atoms with van der Waals surface area (Å²) in [6, 6.07) is 0. The molecule has 0 aromatic heterocycles. The molecule has 0 aromatic rings. The molecular formula is C8H13Se-. The molecular weight excluding hydrogens is 175 g/mol. The van der Waals surface area contributed by atoms with Gasteiger partial charge in [-0.25, -0.2) is 0 Å². The summed E-state index contributed by atoms with van der Waals surface area (Å²) in [5, 5.41) is 0. The molecule has 0 saturated carbocycles. The summed E-state index contributed by atoms with van der Waals surface area (Å²) in [6.45, 7) is 2.22. The van der Waals surface area contributed by atoms with Crippen molar-refractivity contribution in [3.63, 3.8) is 0 Å². The first-order valence-electron chi connectivity index (χ1n) is 3.51. The average molecular weight is 188 g/mol. The Morgan fingerprint density at radius 3 is 2.56 bits per heavy atom. The summed E-state index contributed by atoms with van der Waals surface area (Å²) in [7, 11) is 0. The van der Waals surface area contributed by atoms with Crippen LogP contribution in [0.4, 0.5) is 0 Å². The SMILES string of the molecule is CCCCCCC#C[Se-]. The zero-order chi connectivity index (χ0) is 6.95. The van der Waals surface area contributed by atoms with Crippen molar-refractivity contribution in [3.05, 3.63) is 0 Å². The first-order chi connectivity index (χ1) is 4.41. The van der Waals surface area contributed by atoms with Crippen LogP contribution in [-0.4, -0.2) is 16.0 Å². The summed E-state index contributed by atoms with van der Waals surface area (Å²) >= 11 is 2.67. The molecule has 0 heterocycles. The van der Waals surface area contributed by atoms with E-state index in [-0.39, 0.29) is 0 Å². The molecule has 0 bridgehead atoms. The number of unbranched alkanes of at least 4 members (excludes halogenated alkanes) is 4. The molecule has 0 atom stereocenters. The predicted octanol–water partition coefficient (Wildman–Crippen LogP) is 2.09. The van der Waals surface area contributed by atoms with E-state index in [0.717, 1.165) is 6.42 Å². The molecule has 0 fully saturated rings. The molecule has 0 nitrogen and oxygen atoms in total. The van der Waals surface area contributed by atoms with E-state index < -0.39 is 0 Å². The Bertz CT molecular complexity index is 96.9. The monoisotopic (exact) mass is 189 g/mol. The van der Waals surface area contributed by atoms with Crippen LogP contribution in [0.3, 0.4) is 0 Å². The second-order valence-electron chi connectivity index (χ2n) is 2.09. The summed E-state index contributed by atoms with van der Waals surface area (Å²) < 4.78 is 0. The quantitative estimate of drug-likeness (QED) is 0.360. The van der Waals surface area contributed by atoms with Gasteiger partial charge in [0.25, 0.3) is 0 Å². The molecule has 0 aliphatic rings. The summed E-state index contributed by atoms with van der Waals surface area (Å²) in [5.74, 6) is 3.00. The van der Waals surface area contributed by atoms with Crippen LogP contribution in [0.5, 0.6) is 0 Å². The van der Waals surface area contributed by atoms with Gasteiger partial charge in [-0.05, 0) is 0 Å². The minimum absolute atomic E-state index is 1.06. The van der Waals surface area contributed by atoms with E-state index >= 15 is 0 Å². The summed E-state index contributed by atoms with van der Waals surface area (Å²) in [6.07, 6.45) is 6.33. The van der Waals surface area contributed by atoms with Gasteiger partial charge in [0, 0.05) is 0 Å². The van der Waals surface area contributed by atoms with Crippen molar-refractivity contribution in [2.45, 2.75) is 39.0 Å². The van der Waals surface area contributed by atoms with Crippen LogP contribution < -0.4 is 0 Å². The van der Waals surface area contributed by atoms with E-state index in [1.807, 2.05) is 0 Å². The van der Waals surface area contributed by atoms with Gasteiger partial charge in [-0.1, -0.05) is 0 Å². The Balaban J connectivity index is 2.80. The predicted molar refractivity (Wildman–Crippen MR) is 42.3 cm³/mol. The first-order valence-corrected chi connectivity index (χ1v) is 4.37. The van der Waals surface area contributed by atoms with Crippen LogP contribution in [0, 0.1) is 10.7 Å². The van der Waals surface area contributed by atoms with Crippen LogP contribution in [0.15, 0.2) is 0 Å². The van der Waals surface area contributed by atoms with Gasteiger partial charge in [0.2, 0.25) is 0 Å². The van der Waals surface area contributed by atoms with Crippen molar-refractivity contribution >= 4 is 16.0 Å². The summed E-state index contributed by atoms with van der Waals surface area (Å²) in [4.78, 5) is 2.77. The first kappa shape index (κ1) is 9.08. The Morgan fingerprint density at radius 2 is 2.00 bits per heavy atom. The van der Waals surface area contributed by atoms with E-state index in [2.05, 4.69) is 33.7 Å². The van der Waals surface area contributed by atoms with Gasteiger partial charge in [0.1, 0.15) is 0 Å². The van der Waals surface area contributed by atoms with E-state index in [1.165, 1.54) is 25.7 Å². The van der Waals surface area contributed by atoms with Crippen molar-refractivity contribution < 1.29 is 0 Å². The van der Waals surface area contributed by atoms with Crippen LogP contribution in [0.2, 0.25) is 0 Å². The molecule has 1 heteroatoms. The second-order valence-corrected chi connectivity index (χ2v) is 2.52. The fourth-order valence-electron chi connectivity index (χ4n) is 0.691. The molecule has 9 heavy (non-hydrogen) atoms. The van der Waals surface area contributed by atoms with E-state index in [4.69, 9.17) is 0 Å². The van der Waals surface area contributed by atoms with Crippen molar-refractivity contribution in [2.24, 2.45) is 0 Å². The summed E-state index contributed by atoms with van der Waals surface area (Å²) in [5.41, 5.74) is 0. The molecule has 0 N–H and O–H groups in total.